The molecular weight excluding hydrogens is 392 g/mol. The number of benzene rings is 3. The van der Waals surface area contributed by atoms with Crippen LogP contribution in [0.5, 0.6) is 11.5 Å². The minimum atomic E-state index is -0.505. The molecule has 3 aromatic carbocycles. The van der Waals surface area contributed by atoms with Crippen molar-refractivity contribution in [2.24, 2.45) is 0 Å². The highest BCUT2D eigenvalue weighted by atomic mass is 16.7. The minimum Gasteiger partial charge on any atom is -0.454 e. The topological polar surface area (TPSA) is 76.7 Å². The maximum absolute atomic E-state index is 13.1. The van der Waals surface area contributed by atoms with E-state index in [0.29, 0.717) is 11.3 Å². The number of amides is 2. The van der Waals surface area contributed by atoms with E-state index in [1.54, 1.807) is 19.2 Å². The molecule has 2 amide bonds. The highest BCUT2D eigenvalue weighted by molar-refractivity contribution is 6.01. The van der Waals surface area contributed by atoms with Crippen molar-refractivity contribution in [2.45, 2.75) is 18.3 Å². The van der Waals surface area contributed by atoms with Crippen molar-refractivity contribution in [1.29, 1.82) is 0 Å². The Kier molecular flexibility index (Phi) is 4.62. The maximum Gasteiger partial charge on any atom is 0.251 e. The molecule has 31 heavy (non-hydrogen) atoms. The number of rotatable bonds is 5. The van der Waals surface area contributed by atoms with Crippen molar-refractivity contribution >= 4 is 17.5 Å². The van der Waals surface area contributed by atoms with Gasteiger partial charge in [0.1, 0.15) is 0 Å². The molecule has 1 aliphatic carbocycles. The molecule has 5 rings (SSSR count). The molecule has 0 radical (unpaired) electrons. The van der Waals surface area contributed by atoms with E-state index in [-0.39, 0.29) is 18.6 Å². The number of ether oxygens (including phenoxy) is 2. The fourth-order valence-corrected chi connectivity index (χ4v) is 3.92. The first-order valence-corrected chi connectivity index (χ1v) is 10.2. The van der Waals surface area contributed by atoms with Gasteiger partial charge < -0.3 is 20.1 Å². The lowest BCUT2D eigenvalue weighted by Gasteiger charge is -2.16. The van der Waals surface area contributed by atoms with Crippen molar-refractivity contribution in [3.05, 3.63) is 77.9 Å². The number of hydrogen-bond donors (Lipinski definition) is 2. The van der Waals surface area contributed by atoms with Crippen LogP contribution in [-0.2, 0) is 10.2 Å². The molecule has 2 N–H and O–H groups in total. The second-order valence-corrected chi connectivity index (χ2v) is 7.84. The van der Waals surface area contributed by atoms with E-state index in [0.717, 1.165) is 41.0 Å². The number of carbonyl (C=O) groups is 2. The average Bonchev–Trinajstić information content (AvgIpc) is 3.50. The summed E-state index contributed by atoms with van der Waals surface area (Å²) >= 11 is 0. The van der Waals surface area contributed by atoms with Gasteiger partial charge in [0, 0.05) is 18.3 Å². The predicted octanol–water partition coefficient (Wildman–Crippen LogP) is 4.11. The summed E-state index contributed by atoms with van der Waals surface area (Å²) in [5, 5.41) is 5.67. The zero-order valence-corrected chi connectivity index (χ0v) is 17.1. The van der Waals surface area contributed by atoms with Crippen molar-refractivity contribution in [3.63, 3.8) is 0 Å². The Hall–Kier alpha value is -3.80. The van der Waals surface area contributed by atoms with Crippen LogP contribution < -0.4 is 20.1 Å². The molecular formula is C25H22N2O4. The predicted molar refractivity (Wildman–Crippen MR) is 117 cm³/mol. The van der Waals surface area contributed by atoms with E-state index >= 15 is 0 Å². The zero-order valence-electron chi connectivity index (χ0n) is 17.1. The number of carbonyl (C=O) groups excluding carboxylic acids is 2. The quantitative estimate of drug-likeness (QED) is 0.659. The molecule has 1 heterocycles. The Balaban J connectivity index is 1.29. The lowest BCUT2D eigenvalue weighted by atomic mass is 9.94. The Bertz CT molecular complexity index is 1150. The fraction of sp³-hybridized carbons (Fsp3) is 0.200. The van der Waals surface area contributed by atoms with Gasteiger partial charge in [-0.3, -0.25) is 9.59 Å². The summed E-state index contributed by atoms with van der Waals surface area (Å²) in [6.45, 7) is 0.221. The lowest BCUT2D eigenvalue weighted by Crippen LogP contribution is -2.27. The Labute approximate surface area is 180 Å². The van der Waals surface area contributed by atoms with E-state index < -0.39 is 5.41 Å². The summed E-state index contributed by atoms with van der Waals surface area (Å²) in [5.41, 5.74) is 3.84. The third-order valence-electron chi connectivity index (χ3n) is 5.96. The first-order valence-electron chi connectivity index (χ1n) is 10.2. The molecule has 0 unspecified atom stereocenters. The minimum absolute atomic E-state index is 0.00551. The number of nitrogens with one attached hydrogen (secondary N) is 2. The molecule has 0 spiro atoms. The van der Waals surface area contributed by atoms with E-state index in [9.17, 15) is 9.59 Å². The Morgan fingerprint density at radius 2 is 1.48 bits per heavy atom. The van der Waals surface area contributed by atoms with Crippen LogP contribution in [0.3, 0.4) is 0 Å². The van der Waals surface area contributed by atoms with Crippen LogP contribution in [-0.4, -0.2) is 25.7 Å². The summed E-state index contributed by atoms with van der Waals surface area (Å²) in [6.07, 6.45) is 1.63. The normalized spacial score (nSPS) is 15.3. The Morgan fingerprint density at radius 3 is 2.13 bits per heavy atom. The number of anilines is 1. The summed E-state index contributed by atoms with van der Waals surface area (Å²) in [5.74, 6) is 1.30. The second-order valence-electron chi connectivity index (χ2n) is 7.84. The summed E-state index contributed by atoms with van der Waals surface area (Å²) in [6, 6.07) is 20.9. The van der Waals surface area contributed by atoms with Gasteiger partial charge in [-0.1, -0.05) is 30.3 Å². The molecule has 6 heteroatoms. The number of hydrogen-bond acceptors (Lipinski definition) is 4. The zero-order chi connectivity index (χ0) is 21.4. The molecule has 0 bridgehead atoms. The van der Waals surface area contributed by atoms with Crippen LogP contribution in [0.25, 0.3) is 11.1 Å². The van der Waals surface area contributed by atoms with Crippen molar-refractivity contribution in [2.75, 3.05) is 19.2 Å². The number of fused-ring (bicyclic) bond motifs is 1. The maximum atomic E-state index is 13.1. The third kappa shape index (κ3) is 3.50. The van der Waals surface area contributed by atoms with Gasteiger partial charge in [-0.05, 0) is 65.9 Å². The molecule has 1 saturated carbocycles. The van der Waals surface area contributed by atoms with Crippen LogP contribution in [0.2, 0.25) is 0 Å². The van der Waals surface area contributed by atoms with E-state index in [1.165, 1.54) is 0 Å². The molecule has 1 aliphatic heterocycles. The van der Waals surface area contributed by atoms with Gasteiger partial charge in [0.2, 0.25) is 12.7 Å². The summed E-state index contributed by atoms with van der Waals surface area (Å²) in [7, 11) is 1.61. The third-order valence-corrected chi connectivity index (χ3v) is 5.96. The van der Waals surface area contributed by atoms with Gasteiger partial charge in [-0.15, -0.1) is 0 Å². The fourth-order valence-electron chi connectivity index (χ4n) is 3.92. The van der Waals surface area contributed by atoms with Crippen molar-refractivity contribution in [1.82, 2.24) is 5.32 Å². The Morgan fingerprint density at radius 1 is 0.839 bits per heavy atom. The second kappa shape index (κ2) is 7.47. The molecule has 0 atom stereocenters. The van der Waals surface area contributed by atoms with E-state index in [1.807, 2.05) is 54.6 Å². The highest BCUT2D eigenvalue weighted by Gasteiger charge is 2.51. The summed E-state index contributed by atoms with van der Waals surface area (Å²) in [4.78, 5) is 24.7. The van der Waals surface area contributed by atoms with Crippen molar-refractivity contribution < 1.29 is 19.1 Å². The first-order chi connectivity index (χ1) is 15.1. The van der Waals surface area contributed by atoms with Crippen LogP contribution in [0.15, 0.2) is 66.7 Å². The van der Waals surface area contributed by atoms with Crippen LogP contribution in [0.1, 0.15) is 28.8 Å². The van der Waals surface area contributed by atoms with E-state index in [4.69, 9.17) is 9.47 Å². The summed E-state index contributed by atoms with van der Waals surface area (Å²) < 4.78 is 10.8. The van der Waals surface area contributed by atoms with Crippen LogP contribution in [0, 0.1) is 0 Å². The standard InChI is InChI=1S/C25H22N2O4/c1-26-23(28)18-4-2-16(3-5-18)17-6-9-20(10-7-17)27-24(29)25(12-13-25)19-8-11-21-22(14-19)31-15-30-21/h2-11,14H,12-13,15H2,1H3,(H,26,28)(H,27,29). The molecule has 3 aromatic rings. The molecule has 1 fully saturated rings. The van der Waals surface area contributed by atoms with Gasteiger partial charge in [-0.2, -0.15) is 0 Å². The van der Waals surface area contributed by atoms with Gasteiger partial charge in [0.05, 0.1) is 5.41 Å². The van der Waals surface area contributed by atoms with Crippen LogP contribution in [0.4, 0.5) is 5.69 Å². The molecule has 0 aromatic heterocycles. The molecule has 6 nitrogen and oxygen atoms in total. The molecule has 156 valence electrons. The molecule has 2 aliphatic rings. The highest BCUT2D eigenvalue weighted by Crippen LogP contribution is 2.51. The first kappa shape index (κ1) is 19.2. The van der Waals surface area contributed by atoms with Gasteiger partial charge >= 0.3 is 0 Å². The average molecular weight is 414 g/mol. The lowest BCUT2D eigenvalue weighted by molar-refractivity contribution is -0.118. The van der Waals surface area contributed by atoms with Crippen LogP contribution >= 0.6 is 0 Å². The van der Waals surface area contributed by atoms with Gasteiger partial charge in [0.25, 0.3) is 5.91 Å². The monoisotopic (exact) mass is 414 g/mol. The van der Waals surface area contributed by atoms with Gasteiger partial charge in [-0.25, -0.2) is 0 Å². The van der Waals surface area contributed by atoms with Gasteiger partial charge in [0.15, 0.2) is 11.5 Å². The molecule has 0 saturated heterocycles. The largest absolute Gasteiger partial charge is 0.454 e. The van der Waals surface area contributed by atoms with Crippen molar-refractivity contribution in [3.8, 4) is 22.6 Å². The van der Waals surface area contributed by atoms with E-state index in [2.05, 4.69) is 10.6 Å². The SMILES string of the molecule is CNC(=O)c1ccc(-c2ccc(NC(=O)C3(c4ccc5c(c4)OCO5)CC3)cc2)cc1. The smallest absolute Gasteiger partial charge is 0.251 e.